The van der Waals surface area contributed by atoms with Crippen molar-refractivity contribution < 1.29 is 9.59 Å². The van der Waals surface area contributed by atoms with Gasteiger partial charge in [0.05, 0.1) is 0 Å². The molecule has 5 nitrogen and oxygen atoms in total. The zero-order valence-corrected chi connectivity index (χ0v) is 16.1. The van der Waals surface area contributed by atoms with Gasteiger partial charge < -0.3 is 15.5 Å². The number of urea groups is 1. The lowest BCUT2D eigenvalue weighted by molar-refractivity contribution is 0.0950. The Bertz CT molecular complexity index is 807. The summed E-state index contributed by atoms with van der Waals surface area (Å²) in [5, 5.41) is 6.31. The number of likely N-dealkylation sites (tertiary alicyclic amines) is 1. The fourth-order valence-corrected chi connectivity index (χ4v) is 3.54. The summed E-state index contributed by atoms with van der Waals surface area (Å²) >= 11 is 5.88. The van der Waals surface area contributed by atoms with Gasteiger partial charge in [0.15, 0.2) is 0 Å². The number of nitrogens with zero attached hydrogens (tertiary/aromatic N) is 1. The van der Waals surface area contributed by atoms with Gasteiger partial charge in [-0.25, -0.2) is 4.79 Å². The van der Waals surface area contributed by atoms with Crippen LogP contribution in [0.25, 0.3) is 0 Å². The third kappa shape index (κ3) is 5.01. The van der Waals surface area contributed by atoms with Gasteiger partial charge >= 0.3 is 6.03 Å². The summed E-state index contributed by atoms with van der Waals surface area (Å²) in [4.78, 5) is 26.3. The van der Waals surface area contributed by atoms with Crippen LogP contribution in [0.3, 0.4) is 0 Å². The first-order valence-corrected chi connectivity index (χ1v) is 9.54. The van der Waals surface area contributed by atoms with Crippen LogP contribution in [0.1, 0.15) is 40.2 Å². The number of benzene rings is 2. The van der Waals surface area contributed by atoms with Crippen LogP contribution in [0.5, 0.6) is 0 Å². The zero-order valence-electron chi connectivity index (χ0n) is 15.4. The van der Waals surface area contributed by atoms with Crippen molar-refractivity contribution in [2.45, 2.75) is 25.3 Å². The first kappa shape index (κ1) is 19.2. The van der Waals surface area contributed by atoms with E-state index in [9.17, 15) is 9.59 Å². The quantitative estimate of drug-likeness (QED) is 0.841. The molecule has 6 heteroatoms. The topological polar surface area (TPSA) is 61.4 Å². The van der Waals surface area contributed by atoms with E-state index in [1.807, 2.05) is 53.4 Å². The molecular weight excluding hydrogens is 362 g/mol. The first-order chi connectivity index (χ1) is 13.1. The molecule has 1 fully saturated rings. The van der Waals surface area contributed by atoms with E-state index in [4.69, 9.17) is 11.6 Å². The van der Waals surface area contributed by atoms with Crippen molar-refractivity contribution in [1.29, 1.82) is 0 Å². The van der Waals surface area contributed by atoms with E-state index in [1.54, 1.807) is 7.05 Å². The molecule has 1 aliphatic rings. The number of carbonyl (C=O) groups is 2. The van der Waals surface area contributed by atoms with Gasteiger partial charge in [-0.1, -0.05) is 35.9 Å². The van der Waals surface area contributed by atoms with Gasteiger partial charge in [0.1, 0.15) is 0 Å². The minimum Gasteiger partial charge on any atom is -0.348 e. The third-order valence-electron chi connectivity index (χ3n) is 4.91. The van der Waals surface area contributed by atoms with Crippen LogP contribution in [0.2, 0.25) is 5.02 Å². The second-order valence-electron chi connectivity index (χ2n) is 6.77. The molecular formula is C21H24ClN3O2. The van der Waals surface area contributed by atoms with E-state index in [0.717, 1.165) is 30.5 Å². The lowest BCUT2D eigenvalue weighted by Gasteiger charge is -2.32. The van der Waals surface area contributed by atoms with Crippen LogP contribution in [0.4, 0.5) is 4.79 Å². The third-order valence-corrected chi connectivity index (χ3v) is 5.16. The van der Waals surface area contributed by atoms with Crippen molar-refractivity contribution in [2.75, 3.05) is 20.1 Å². The van der Waals surface area contributed by atoms with Gasteiger partial charge in [0.25, 0.3) is 5.91 Å². The summed E-state index contributed by atoms with van der Waals surface area (Å²) in [7, 11) is 1.65. The normalized spacial score (nSPS) is 16.7. The van der Waals surface area contributed by atoms with Gasteiger partial charge in [0, 0.05) is 43.2 Å². The maximum Gasteiger partial charge on any atom is 0.317 e. The Morgan fingerprint density at radius 3 is 2.70 bits per heavy atom. The molecule has 1 aliphatic heterocycles. The standard InChI is InChI=1S/C21H24ClN3O2/c1-23-21(27)25-11-3-6-18(14-25)16-4-2-5-17(12-16)20(26)24-13-15-7-9-19(22)10-8-15/h2,4-5,7-10,12,18H,3,6,11,13-14H2,1H3,(H,23,27)(H,24,26)/t18-/m0/s1. The summed E-state index contributed by atoms with van der Waals surface area (Å²) < 4.78 is 0. The number of rotatable bonds is 4. The highest BCUT2D eigenvalue weighted by atomic mass is 35.5. The zero-order chi connectivity index (χ0) is 19.2. The van der Waals surface area contributed by atoms with Crippen molar-refractivity contribution in [1.82, 2.24) is 15.5 Å². The summed E-state index contributed by atoms with van der Waals surface area (Å²) in [6.45, 7) is 1.90. The molecule has 3 amide bonds. The van der Waals surface area contributed by atoms with Crippen molar-refractivity contribution in [2.24, 2.45) is 0 Å². The number of piperidine rings is 1. The van der Waals surface area contributed by atoms with Crippen LogP contribution in [0, 0.1) is 0 Å². The first-order valence-electron chi connectivity index (χ1n) is 9.16. The van der Waals surface area contributed by atoms with Gasteiger partial charge in [-0.2, -0.15) is 0 Å². The average Bonchev–Trinajstić information content (AvgIpc) is 2.72. The Labute approximate surface area is 164 Å². The Morgan fingerprint density at radius 2 is 1.96 bits per heavy atom. The molecule has 2 N–H and O–H groups in total. The highest BCUT2D eigenvalue weighted by molar-refractivity contribution is 6.30. The Kier molecular flexibility index (Phi) is 6.35. The summed E-state index contributed by atoms with van der Waals surface area (Å²) in [5.74, 6) is 0.144. The van der Waals surface area contributed by atoms with Crippen LogP contribution in [0.15, 0.2) is 48.5 Å². The molecule has 27 heavy (non-hydrogen) atoms. The van der Waals surface area contributed by atoms with Gasteiger partial charge in [-0.05, 0) is 48.2 Å². The fraction of sp³-hybridized carbons (Fsp3) is 0.333. The second-order valence-corrected chi connectivity index (χ2v) is 7.21. The predicted molar refractivity (Wildman–Crippen MR) is 107 cm³/mol. The van der Waals surface area contributed by atoms with Crippen LogP contribution < -0.4 is 10.6 Å². The SMILES string of the molecule is CNC(=O)N1CCC[C@H](c2cccc(C(=O)NCc3ccc(Cl)cc3)c2)C1. The molecule has 2 aromatic carbocycles. The van der Waals surface area contributed by atoms with Crippen molar-refractivity contribution in [3.8, 4) is 0 Å². The lowest BCUT2D eigenvalue weighted by atomic mass is 9.89. The van der Waals surface area contributed by atoms with Crippen molar-refractivity contribution in [3.63, 3.8) is 0 Å². The molecule has 0 unspecified atom stereocenters. The average molecular weight is 386 g/mol. The number of amides is 3. The number of hydrogen-bond acceptors (Lipinski definition) is 2. The molecule has 0 aliphatic carbocycles. The molecule has 0 spiro atoms. The van der Waals surface area contributed by atoms with Crippen LogP contribution in [-0.4, -0.2) is 37.0 Å². The fourth-order valence-electron chi connectivity index (χ4n) is 3.41. The molecule has 1 saturated heterocycles. The van der Waals surface area contributed by atoms with Crippen molar-refractivity contribution >= 4 is 23.5 Å². The summed E-state index contributed by atoms with van der Waals surface area (Å²) in [6.07, 6.45) is 1.98. The van der Waals surface area contributed by atoms with Crippen molar-refractivity contribution in [3.05, 3.63) is 70.2 Å². The highest BCUT2D eigenvalue weighted by Crippen LogP contribution is 2.27. The smallest absolute Gasteiger partial charge is 0.317 e. The van der Waals surface area contributed by atoms with Crippen LogP contribution >= 0.6 is 11.6 Å². The minimum absolute atomic E-state index is 0.0448. The van der Waals surface area contributed by atoms with E-state index in [2.05, 4.69) is 10.6 Å². The van der Waals surface area contributed by atoms with Crippen LogP contribution in [-0.2, 0) is 6.54 Å². The Balaban J connectivity index is 1.64. The number of hydrogen-bond donors (Lipinski definition) is 2. The lowest BCUT2D eigenvalue weighted by Crippen LogP contribution is -2.43. The number of nitrogens with one attached hydrogen (secondary N) is 2. The molecule has 3 rings (SSSR count). The van der Waals surface area contributed by atoms with E-state index in [-0.39, 0.29) is 17.9 Å². The Hall–Kier alpha value is -2.53. The molecule has 0 bridgehead atoms. The molecule has 2 aromatic rings. The largest absolute Gasteiger partial charge is 0.348 e. The Morgan fingerprint density at radius 1 is 1.19 bits per heavy atom. The van der Waals surface area contributed by atoms with Gasteiger partial charge in [-0.3, -0.25) is 4.79 Å². The minimum atomic E-state index is -0.106. The van der Waals surface area contributed by atoms with E-state index in [1.165, 1.54) is 0 Å². The predicted octanol–water partition coefficient (Wildman–Crippen LogP) is 3.79. The van der Waals surface area contributed by atoms with E-state index >= 15 is 0 Å². The monoisotopic (exact) mass is 385 g/mol. The summed E-state index contributed by atoms with van der Waals surface area (Å²) in [5.41, 5.74) is 2.73. The molecule has 142 valence electrons. The highest BCUT2D eigenvalue weighted by Gasteiger charge is 2.24. The second kappa shape index (κ2) is 8.91. The number of carbonyl (C=O) groups excluding carboxylic acids is 2. The number of halogens is 1. The summed E-state index contributed by atoms with van der Waals surface area (Å²) in [6, 6.07) is 15.1. The maximum atomic E-state index is 12.5. The van der Waals surface area contributed by atoms with E-state index < -0.39 is 0 Å². The maximum absolute atomic E-state index is 12.5. The van der Waals surface area contributed by atoms with Gasteiger partial charge in [-0.15, -0.1) is 0 Å². The molecule has 1 heterocycles. The molecule has 1 atom stereocenters. The molecule has 0 saturated carbocycles. The van der Waals surface area contributed by atoms with E-state index in [0.29, 0.717) is 23.7 Å². The van der Waals surface area contributed by atoms with Gasteiger partial charge in [0.2, 0.25) is 0 Å². The molecule has 0 radical (unpaired) electrons. The molecule has 0 aromatic heterocycles.